The molecule has 0 saturated carbocycles. The van der Waals surface area contributed by atoms with Crippen LogP contribution in [0.3, 0.4) is 0 Å². The monoisotopic (exact) mass is 241 g/mol. The number of anilines is 1. The van der Waals surface area contributed by atoms with E-state index in [9.17, 15) is 9.59 Å². The molecule has 0 aliphatic heterocycles. The number of amides is 1. The number of carbonyl (C=O) groups excluding carboxylic acids is 1. The molecule has 7 nitrogen and oxygen atoms in total. The first kappa shape index (κ1) is 13.0. The molecule has 0 aliphatic rings. The second kappa shape index (κ2) is 4.86. The van der Waals surface area contributed by atoms with Crippen LogP contribution >= 0.6 is 0 Å². The summed E-state index contributed by atoms with van der Waals surface area (Å²) in [6, 6.07) is 0. The number of aromatic nitrogens is 2. The Bertz CT molecular complexity index is 419. The normalized spacial score (nSPS) is 11.0. The number of hydrogen-bond donors (Lipinski definition) is 2. The van der Waals surface area contributed by atoms with Gasteiger partial charge >= 0.3 is 12.1 Å². The van der Waals surface area contributed by atoms with E-state index in [1.807, 2.05) is 0 Å². The van der Waals surface area contributed by atoms with Crippen molar-refractivity contribution in [1.29, 1.82) is 0 Å². The van der Waals surface area contributed by atoms with E-state index in [2.05, 4.69) is 10.4 Å². The predicted molar refractivity (Wildman–Crippen MR) is 59.7 cm³/mol. The zero-order chi connectivity index (χ0) is 13.1. The Morgan fingerprint density at radius 2 is 2.18 bits per heavy atom. The summed E-state index contributed by atoms with van der Waals surface area (Å²) >= 11 is 0. The molecular weight excluding hydrogens is 226 g/mol. The fourth-order valence-electron chi connectivity index (χ4n) is 1.07. The Morgan fingerprint density at radius 1 is 1.53 bits per heavy atom. The van der Waals surface area contributed by atoms with Crippen molar-refractivity contribution in [3.63, 3.8) is 0 Å². The Balaban J connectivity index is 2.55. The molecule has 17 heavy (non-hydrogen) atoms. The van der Waals surface area contributed by atoms with Gasteiger partial charge in [0.2, 0.25) is 0 Å². The molecule has 1 heterocycles. The number of rotatable bonds is 3. The van der Waals surface area contributed by atoms with Gasteiger partial charge in [0.05, 0.1) is 11.9 Å². The highest BCUT2D eigenvalue weighted by Gasteiger charge is 2.16. The van der Waals surface area contributed by atoms with Gasteiger partial charge in [-0.2, -0.15) is 5.10 Å². The fraction of sp³-hybridized carbons (Fsp3) is 0.500. The van der Waals surface area contributed by atoms with Gasteiger partial charge in [-0.1, -0.05) is 0 Å². The number of hydrogen-bond acceptors (Lipinski definition) is 4. The molecule has 0 aliphatic carbocycles. The number of nitrogens with zero attached hydrogens (tertiary/aromatic N) is 2. The van der Waals surface area contributed by atoms with E-state index in [0.29, 0.717) is 5.69 Å². The largest absolute Gasteiger partial charge is 0.480 e. The van der Waals surface area contributed by atoms with Gasteiger partial charge in [-0.05, 0) is 20.8 Å². The minimum Gasteiger partial charge on any atom is -0.480 e. The number of nitrogens with one attached hydrogen (secondary N) is 1. The topological polar surface area (TPSA) is 93.5 Å². The summed E-state index contributed by atoms with van der Waals surface area (Å²) in [5.74, 6) is -1.00. The van der Waals surface area contributed by atoms with Gasteiger partial charge in [0, 0.05) is 6.20 Å². The maximum atomic E-state index is 11.4. The molecule has 7 heteroatoms. The van der Waals surface area contributed by atoms with Crippen LogP contribution in [0.15, 0.2) is 12.4 Å². The third-order valence-corrected chi connectivity index (χ3v) is 1.58. The molecule has 94 valence electrons. The maximum absolute atomic E-state index is 11.4. The van der Waals surface area contributed by atoms with Crippen molar-refractivity contribution in [2.24, 2.45) is 0 Å². The van der Waals surface area contributed by atoms with Crippen molar-refractivity contribution in [1.82, 2.24) is 9.78 Å². The van der Waals surface area contributed by atoms with E-state index in [-0.39, 0.29) is 6.54 Å². The molecule has 0 radical (unpaired) electrons. The molecule has 2 N–H and O–H groups in total. The van der Waals surface area contributed by atoms with E-state index >= 15 is 0 Å². The molecule has 0 spiro atoms. The van der Waals surface area contributed by atoms with Crippen molar-refractivity contribution < 1.29 is 19.4 Å². The molecule has 0 bridgehead atoms. The van der Waals surface area contributed by atoms with Crippen molar-refractivity contribution in [3.05, 3.63) is 12.4 Å². The van der Waals surface area contributed by atoms with E-state index < -0.39 is 17.7 Å². The van der Waals surface area contributed by atoms with Gasteiger partial charge in [0.1, 0.15) is 12.1 Å². The summed E-state index contributed by atoms with van der Waals surface area (Å²) in [7, 11) is 0. The predicted octanol–water partition coefficient (Wildman–Crippen LogP) is 1.31. The standard InChI is InChI=1S/C10H15N3O4/c1-10(2,3)17-9(16)12-7-4-11-13(5-7)6-8(14)15/h4-5H,6H2,1-3H3,(H,12,16)(H,14,15). The molecule has 0 unspecified atom stereocenters. The highest BCUT2D eigenvalue weighted by molar-refractivity contribution is 5.84. The van der Waals surface area contributed by atoms with Gasteiger partial charge < -0.3 is 9.84 Å². The molecule has 0 saturated heterocycles. The second-order valence-electron chi connectivity index (χ2n) is 4.45. The molecule has 1 rings (SSSR count). The lowest BCUT2D eigenvalue weighted by molar-refractivity contribution is -0.137. The quantitative estimate of drug-likeness (QED) is 0.832. The third-order valence-electron chi connectivity index (χ3n) is 1.58. The number of carboxylic acid groups (broad SMARTS) is 1. The molecule has 1 aromatic heterocycles. The Labute approximate surface area is 98.4 Å². The molecular formula is C10H15N3O4. The van der Waals surface area contributed by atoms with Gasteiger partial charge in [0.15, 0.2) is 0 Å². The molecule has 0 aromatic carbocycles. The van der Waals surface area contributed by atoms with Gasteiger partial charge in [-0.25, -0.2) is 4.79 Å². The summed E-state index contributed by atoms with van der Waals surface area (Å²) in [6.45, 7) is 5.00. The molecule has 1 amide bonds. The van der Waals surface area contributed by atoms with Gasteiger partial charge in [-0.15, -0.1) is 0 Å². The highest BCUT2D eigenvalue weighted by Crippen LogP contribution is 2.10. The van der Waals surface area contributed by atoms with Crippen LogP contribution in [0, 0.1) is 0 Å². The van der Waals surface area contributed by atoms with Crippen molar-refractivity contribution in [3.8, 4) is 0 Å². The smallest absolute Gasteiger partial charge is 0.412 e. The van der Waals surface area contributed by atoms with E-state index in [0.717, 1.165) is 0 Å². The Morgan fingerprint density at radius 3 is 2.71 bits per heavy atom. The first-order valence-corrected chi connectivity index (χ1v) is 5.00. The number of aliphatic carboxylic acids is 1. The summed E-state index contributed by atoms with van der Waals surface area (Å²) in [4.78, 5) is 21.8. The average Bonchev–Trinajstić information content (AvgIpc) is 2.46. The van der Waals surface area contributed by atoms with Crippen LogP contribution in [0.25, 0.3) is 0 Å². The summed E-state index contributed by atoms with van der Waals surface area (Å²) in [5, 5.41) is 14.8. The van der Waals surface area contributed by atoms with Crippen LogP contribution in [0.5, 0.6) is 0 Å². The van der Waals surface area contributed by atoms with E-state index in [1.54, 1.807) is 20.8 Å². The first-order chi connectivity index (χ1) is 7.76. The summed E-state index contributed by atoms with van der Waals surface area (Å²) < 4.78 is 6.23. The first-order valence-electron chi connectivity index (χ1n) is 5.00. The summed E-state index contributed by atoms with van der Waals surface area (Å²) in [5.41, 5.74) is -0.193. The van der Waals surface area contributed by atoms with Crippen LogP contribution in [0.4, 0.5) is 10.5 Å². The zero-order valence-corrected chi connectivity index (χ0v) is 9.93. The van der Waals surface area contributed by atoms with Crippen LogP contribution in [0.1, 0.15) is 20.8 Å². The zero-order valence-electron chi connectivity index (χ0n) is 9.93. The van der Waals surface area contributed by atoms with E-state index in [1.165, 1.54) is 17.1 Å². The number of ether oxygens (including phenoxy) is 1. The average molecular weight is 241 g/mol. The van der Waals surface area contributed by atoms with Crippen molar-refractivity contribution in [2.75, 3.05) is 5.32 Å². The van der Waals surface area contributed by atoms with E-state index in [4.69, 9.17) is 9.84 Å². The lowest BCUT2D eigenvalue weighted by atomic mass is 10.2. The fourth-order valence-corrected chi connectivity index (χ4v) is 1.07. The Hall–Kier alpha value is -2.05. The SMILES string of the molecule is CC(C)(C)OC(=O)Nc1cnn(CC(=O)O)c1. The Kier molecular flexibility index (Phi) is 3.72. The highest BCUT2D eigenvalue weighted by atomic mass is 16.6. The lowest BCUT2D eigenvalue weighted by Crippen LogP contribution is -2.27. The number of carbonyl (C=O) groups is 2. The number of carboxylic acids is 1. The summed E-state index contributed by atoms with van der Waals surface area (Å²) in [6.07, 6.45) is 2.16. The van der Waals surface area contributed by atoms with Crippen LogP contribution in [-0.4, -0.2) is 32.6 Å². The van der Waals surface area contributed by atoms with Crippen LogP contribution < -0.4 is 5.32 Å². The van der Waals surface area contributed by atoms with Gasteiger partial charge in [-0.3, -0.25) is 14.8 Å². The maximum Gasteiger partial charge on any atom is 0.412 e. The molecule has 0 fully saturated rings. The van der Waals surface area contributed by atoms with Gasteiger partial charge in [0.25, 0.3) is 0 Å². The van der Waals surface area contributed by atoms with Crippen LogP contribution in [-0.2, 0) is 16.1 Å². The second-order valence-corrected chi connectivity index (χ2v) is 4.45. The lowest BCUT2D eigenvalue weighted by Gasteiger charge is -2.19. The third kappa shape index (κ3) is 5.01. The minimum atomic E-state index is -1.00. The van der Waals surface area contributed by atoms with Crippen molar-refractivity contribution in [2.45, 2.75) is 32.9 Å². The van der Waals surface area contributed by atoms with Crippen LogP contribution in [0.2, 0.25) is 0 Å². The molecule has 1 aromatic rings. The molecule has 0 atom stereocenters. The minimum absolute atomic E-state index is 0.254. The van der Waals surface area contributed by atoms with Crippen molar-refractivity contribution >= 4 is 17.7 Å².